The number of amides is 1. The third kappa shape index (κ3) is 3.18. The van der Waals surface area contributed by atoms with Crippen LogP contribution in [0.2, 0.25) is 0 Å². The van der Waals surface area contributed by atoms with Gasteiger partial charge in [0.15, 0.2) is 0 Å². The van der Waals surface area contributed by atoms with Crippen LogP contribution in [0.15, 0.2) is 18.3 Å². The van der Waals surface area contributed by atoms with E-state index >= 15 is 0 Å². The molecule has 1 atom stereocenters. The van der Waals surface area contributed by atoms with Crippen LogP contribution in [0.3, 0.4) is 0 Å². The van der Waals surface area contributed by atoms with Crippen LogP contribution < -0.4 is 5.32 Å². The summed E-state index contributed by atoms with van der Waals surface area (Å²) < 4.78 is 2.03. The Bertz CT molecular complexity index is 407. The molecule has 0 aromatic carbocycles. The highest BCUT2D eigenvalue weighted by atomic mass is 16.2. The highest BCUT2D eigenvalue weighted by Gasteiger charge is 2.26. The Hall–Kier alpha value is -1.29. The maximum Gasteiger partial charge on any atom is 0.270 e. The van der Waals surface area contributed by atoms with Crippen LogP contribution in [-0.4, -0.2) is 41.1 Å². The Morgan fingerprint density at radius 2 is 2.37 bits per heavy atom. The maximum atomic E-state index is 12.8. The van der Waals surface area contributed by atoms with E-state index < -0.39 is 0 Å². The molecule has 0 aliphatic carbocycles. The van der Waals surface area contributed by atoms with Gasteiger partial charge >= 0.3 is 0 Å². The Morgan fingerprint density at radius 1 is 1.53 bits per heavy atom. The van der Waals surface area contributed by atoms with Crippen LogP contribution >= 0.6 is 0 Å². The average Bonchev–Trinajstić information content (AvgIpc) is 2.93. The zero-order valence-corrected chi connectivity index (χ0v) is 12.1. The topological polar surface area (TPSA) is 37.3 Å². The number of carbonyl (C=O) groups excluding carboxylic acids is 1. The quantitative estimate of drug-likeness (QED) is 0.883. The third-order valence-electron chi connectivity index (χ3n) is 3.83. The van der Waals surface area contributed by atoms with Crippen LogP contribution in [-0.2, 0) is 6.54 Å². The molecule has 2 heterocycles. The number of nitrogens with one attached hydrogen (secondary N) is 1. The van der Waals surface area contributed by atoms with E-state index in [-0.39, 0.29) is 5.91 Å². The zero-order valence-electron chi connectivity index (χ0n) is 12.1. The van der Waals surface area contributed by atoms with E-state index in [0.29, 0.717) is 6.04 Å². The summed E-state index contributed by atoms with van der Waals surface area (Å²) in [4.78, 5) is 14.8. The predicted octanol–water partition coefficient (Wildman–Crippen LogP) is 2.11. The van der Waals surface area contributed by atoms with Crippen LogP contribution in [0.25, 0.3) is 0 Å². The highest BCUT2D eigenvalue weighted by Crippen LogP contribution is 2.15. The van der Waals surface area contributed by atoms with Gasteiger partial charge in [-0.3, -0.25) is 4.79 Å². The number of aromatic nitrogens is 1. The van der Waals surface area contributed by atoms with Crippen molar-refractivity contribution < 1.29 is 4.79 Å². The molecule has 106 valence electrons. The zero-order chi connectivity index (χ0) is 13.7. The first-order chi connectivity index (χ1) is 9.27. The molecule has 0 radical (unpaired) electrons. The van der Waals surface area contributed by atoms with Gasteiger partial charge in [0.25, 0.3) is 5.91 Å². The second kappa shape index (κ2) is 6.75. The summed E-state index contributed by atoms with van der Waals surface area (Å²) in [7, 11) is 0. The Balaban J connectivity index is 2.15. The third-order valence-corrected chi connectivity index (χ3v) is 3.83. The summed E-state index contributed by atoms with van der Waals surface area (Å²) in [5, 5.41) is 3.40. The molecule has 1 aromatic heterocycles. The van der Waals surface area contributed by atoms with Gasteiger partial charge in [0.05, 0.1) is 0 Å². The Labute approximate surface area is 115 Å². The number of hydrogen-bond donors (Lipinski definition) is 1. The summed E-state index contributed by atoms with van der Waals surface area (Å²) in [5.74, 6) is 0.183. The molecule has 0 saturated carbocycles. The van der Waals surface area contributed by atoms with E-state index in [4.69, 9.17) is 0 Å². The molecule has 19 heavy (non-hydrogen) atoms. The summed E-state index contributed by atoms with van der Waals surface area (Å²) >= 11 is 0. The minimum Gasteiger partial charge on any atom is -0.344 e. The second-order valence-electron chi connectivity index (χ2n) is 5.18. The molecule has 1 saturated heterocycles. The predicted molar refractivity (Wildman–Crippen MR) is 77.3 cm³/mol. The lowest BCUT2D eigenvalue weighted by molar-refractivity contribution is 0.0638. The van der Waals surface area contributed by atoms with Gasteiger partial charge in [-0.05, 0) is 44.9 Å². The van der Waals surface area contributed by atoms with Crippen molar-refractivity contribution in [1.82, 2.24) is 14.8 Å². The molecule has 4 nitrogen and oxygen atoms in total. The average molecular weight is 263 g/mol. The molecular formula is C15H25N3O. The molecule has 1 aliphatic heterocycles. The lowest BCUT2D eigenvalue weighted by atomic mass is 10.0. The number of rotatable bonds is 5. The largest absolute Gasteiger partial charge is 0.344 e. The molecule has 1 aromatic rings. The summed E-state index contributed by atoms with van der Waals surface area (Å²) in [6, 6.07) is 4.24. The fraction of sp³-hybridized carbons (Fsp3) is 0.667. The monoisotopic (exact) mass is 263 g/mol. The number of carbonyl (C=O) groups is 1. The van der Waals surface area contributed by atoms with E-state index in [0.717, 1.165) is 51.1 Å². The van der Waals surface area contributed by atoms with Crippen LogP contribution in [0.5, 0.6) is 0 Å². The number of hydrogen-bond acceptors (Lipinski definition) is 2. The molecule has 1 aliphatic rings. The first kappa shape index (κ1) is 14.1. The molecule has 0 bridgehead atoms. The van der Waals surface area contributed by atoms with E-state index in [9.17, 15) is 4.79 Å². The van der Waals surface area contributed by atoms with Gasteiger partial charge in [-0.2, -0.15) is 0 Å². The van der Waals surface area contributed by atoms with E-state index in [1.807, 2.05) is 22.9 Å². The standard InChI is InChI=1S/C15H25N3O/c1-3-10-18(13-7-5-9-16-12-13)15(19)14-8-6-11-17(14)4-2/h6,8,11,13,16H,3-5,7,9-10,12H2,1-2H3. The molecule has 0 spiro atoms. The van der Waals surface area contributed by atoms with Gasteiger partial charge in [-0.15, -0.1) is 0 Å². The maximum absolute atomic E-state index is 12.8. The van der Waals surface area contributed by atoms with Crippen molar-refractivity contribution >= 4 is 5.91 Å². The van der Waals surface area contributed by atoms with Gasteiger partial charge in [0.1, 0.15) is 5.69 Å². The lowest BCUT2D eigenvalue weighted by Crippen LogP contribution is -2.49. The van der Waals surface area contributed by atoms with E-state index in [1.165, 1.54) is 0 Å². The van der Waals surface area contributed by atoms with Crippen molar-refractivity contribution in [2.75, 3.05) is 19.6 Å². The number of aryl methyl sites for hydroxylation is 1. The fourth-order valence-electron chi connectivity index (χ4n) is 2.82. The summed E-state index contributed by atoms with van der Waals surface area (Å²) in [6.07, 6.45) is 5.27. The fourth-order valence-corrected chi connectivity index (χ4v) is 2.82. The minimum atomic E-state index is 0.183. The van der Waals surface area contributed by atoms with Crippen molar-refractivity contribution in [1.29, 1.82) is 0 Å². The number of piperidine rings is 1. The number of nitrogens with zero attached hydrogens (tertiary/aromatic N) is 2. The van der Waals surface area contributed by atoms with Gasteiger partial charge in [-0.1, -0.05) is 6.92 Å². The van der Waals surface area contributed by atoms with E-state index in [2.05, 4.69) is 24.1 Å². The van der Waals surface area contributed by atoms with Crippen LogP contribution in [0.4, 0.5) is 0 Å². The molecule has 1 unspecified atom stereocenters. The summed E-state index contributed by atoms with van der Waals surface area (Å²) in [6.45, 7) is 7.91. The molecule has 4 heteroatoms. The molecular weight excluding hydrogens is 238 g/mol. The van der Waals surface area contributed by atoms with E-state index in [1.54, 1.807) is 0 Å². The van der Waals surface area contributed by atoms with Gasteiger partial charge in [-0.25, -0.2) is 0 Å². The molecule has 1 fully saturated rings. The summed E-state index contributed by atoms with van der Waals surface area (Å²) in [5.41, 5.74) is 0.821. The molecule has 1 N–H and O–H groups in total. The van der Waals surface area contributed by atoms with Gasteiger partial charge in [0, 0.05) is 31.9 Å². The highest BCUT2D eigenvalue weighted by molar-refractivity contribution is 5.93. The van der Waals surface area contributed by atoms with Gasteiger partial charge < -0.3 is 14.8 Å². The van der Waals surface area contributed by atoms with Crippen molar-refractivity contribution in [2.24, 2.45) is 0 Å². The van der Waals surface area contributed by atoms with Gasteiger partial charge in [0.2, 0.25) is 0 Å². The smallest absolute Gasteiger partial charge is 0.270 e. The Kier molecular flexibility index (Phi) is 5.02. The van der Waals surface area contributed by atoms with Crippen molar-refractivity contribution in [3.8, 4) is 0 Å². The molecule has 1 amide bonds. The second-order valence-corrected chi connectivity index (χ2v) is 5.18. The van der Waals surface area contributed by atoms with Crippen LogP contribution in [0, 0.1) is 0 Å². The minimum absolute atomic E-state index is 0.183. The SMILES string of the molecule is CCCN(C(=O)c1cccn1CC)C1CCCNC1. The first-order valence-electron chi connectivity index (χ1n) is 7.44. The molecule has 2 rings (SSSR count). The van der Waals surface area contributed by atoms with Crippen molar-refractivity contribution in [3.05, 3.63) is 24.0 Å². The Morgan fingerprint density at radius 3 is 3.00 bits per heavy atom. The van der Waals surface area contributed by atoms with Crippen molar-refractivity contribution in [3.63, 3.8) is 0 Å². The first-order valence-corrected chi connectivity index (χ1v) is 7.44. The normalized spacial score (nSPS) is 19.4. The lowest BCUT2D eigenvalue weighted by Gasteiger charge is -2.34. The van der Waals surface area contributed by atoms with Crippen LogP contribution in [0.1, 0.15) is 43.6 Å². The van der Waals surface area contributed by atoms with Crippen molar-refractivity contribution in [2.45, 2.75) is 45.7 Å².